The molecular formula is C12H25NO3S. The lowest BCUT2D eigenvalue weighted by Gasteiger charge is -2.05. The van der Waals surface area contributed by atoms with Gasteiger partial charge in [0.25, 0.3) is 0 Å². The van der Waals surface area contributed by atoms with Crippen LogP contribution in [0.15, 0.2) is 12.2 Å². The summed E-state index contributed by atoms with van der Waals surface area (Å²) >= 11 is 0. The summed E-state index contributed by atoms with van der Waals surface area (Å²) in [7, 11) is -1.21. The van der Waals surface area contributed by atoms with Gasteiger partial charge in [0.05, 0.1) is 17.6 Å². The Kier molecular flexibility index (Phi) is 9.40. The summed E-state index contributed by atoms with van der Waals surface area (Å²) in [5, 5.41) is 2.95. The minimum Gasteiger partial charge on any atom is -0.383 e. The van der Waals surface area contributed by atoms with Gasteiger partial charge >= 0.3 is 0 Å². The number of rotatable bonds is 10. The molecule has 0 spiro atoms. The molecule has 17 heavy (non-hydrogen) atoms. The van der Waals surface area contributed by atoms with Gasteiger partial charge in [-0.25, -0.2) is 8.42 Å². The Bertz CT molecular complexity index is 297. The zero-order valence-corrected chi connectivity index (χ0v) is 11.9. The van der Waals surface area contributed by atoms with Gasteiger partial charge in [-0.1, -0.05) is 12.2 Å². The SMILES string of the molecule is COCCNCC/C=C/CCS(=O)(=O)C(C)C. The molecule has 0 aromatic carbocycles. The van der Waals surface area contributed by atoms with E-state index in [-0.39, 0.29) is 11.0 Å². The Labute approximate surface area is 105 Å². The van der Waals surface area contributed by atoms with Gasteiger partial charge in [0.15, 0.2) is 9.84 Å². The number of sulfone groups is 1. The predicted octanol–water partition coefficient (Wildman–Crippen LogP) is 1.38. The molecule has 0 bridgehead atoms. The van der Waals surface area contributed by atoms with E-state index < -0.39 is 9.84 Å². The second kappa shape index (κ2) is 9.62. The van der Waals surface area contributed by atoms with Gasteiger partial charge in [-0.15, -0.1) is 0 Å². The first-order valence-electron chi connectivity index (χ1n) is 6.07. The summed E-state index contributed by atoms with van der Waals surface area (Å²) in [6, 6.07) is 0. The molecule has 0 amide bonds. The van der Waals surface area contributed by atoms with E-state index in [0.29, 0.717) is 6.42 Å². The average molecular weight is 263 g/mol. The number of nitrogens with one attached hydrogen (secondary N) is 1. The summed E-state index contributed by atoms with van der Waals surface area (Å²) in [5.41, 5.74) is 0. The van der Waals surface area contributed by atoms with Crippen molar-refractivity contribution in [2.75, 3.05) is 32.6 Å². The van der Waals surface area contributed by atoms with Crippen molar-refractivity contribution < 1.29 is 13.2 Å². The zero-order valence-electron chi connectivity index (χ0n) is 11.1. The van der Waals surface area contributed by atoms with Crippen molar-refractivity contribution in [1.29, 1.82) is 0 Å². The monoisotopic (exact) mass is 263 g/mol. The smallest absolute Gasteiger partial charge is 0.152 e. The molecule has 0 aliphatic rings. The van der Waals surface area contributed by atoms with Crippen LogP contribution in [0.25, 0.3) is 0 Å². The highest BCUT2D eigenvalue weighted by Gasteiger charge is 2.13. The summed E-state index contributed by atoms with van der Waals surface area (Å²) in [5.74, 6) is 0.248. The summed E-state index contributed by atoms with van der Waals surface area (Å²) in [6.07, 6.45) is 5.50. The second-order valence-corrected chi connectivity index (χ2v) is 6.88. The Morgan fingerprint density at radius 3 is 2.41 bits per heavy atom. The third-order valence-corrected chi connectivity index (χ3v) is 4.67. The topological polar surface area (TPSA) is 55.4 Å². The molecule has 0 saturated carbocycles. The van der Waals surface area contributed by atoms with Crippen LogP contribution in [0, 0.1) is 0 Å². The molecular weight excluding hydrogens is 238 g/mol. The Morgan fingerprint density at radius 2 is 1.82 bits per heavy atom. The van der Waals surface area contributed by atoms with Crippen LogP contribution in [0.3, 0.4) is 0 Å². The molecule has 0 rings (SSSR count). The van der Waals surface area contributed by atoms with E-state index in [0.717, 1.165) is 26.1 Å². The first-order chi connectivity index (χ1) is 8.00. The fourth-order valence-corrected chi connectivity index (χ4v) is 2.12. The highest BCUT2D eigenvalue weighted by atomic mass is 32.2. The summed E-state index contributed by atoms with van der Waals surface area (Å²) in [4.78, 5) is 0. The normalized spacial score (nSPS) is 12.7. The first-order valence-corrected chi connectivity index (χ1v) is 7.78. The van der Waals surface area contributed by atoms with Crippen LogP contribution < -0.4 is 5.32 Å². The van der Waals surface area contributed by atoms with Crippen molar-refractivity contribution >= 4 is 9.84 Å². The Morgan fingerprint density at radius 1 is 1.18 bits per heavy atom. The fourth-order valence-electron chi connectivity index (χ4n) is 1.19. The van der Waals surface area contributed by atoms with Gasteiger partial charge < -0.3 is 10.1 Å². The van der Waals surface area contributed by atoms with Crippen LogP contribution in [0.4, 0.5) is 0 Å². The Hall–Kier alpha value is -0.390. The maximum atomic E-state index is 11.5. The largest absolute Gasteiger partial charge is 0.383 e. The summed E-state index contributed by atoms with van der Waals surface area (Å²) < 4.78 is 27.9. The van der Waals surface area contributed by atoms with E-state index in [2.05, 4.69) is 5.32 Å². The van der Waals surface area contributed by atoms with Crippen LogP contribution in [-0.2, 0) is 14.6 Å². The van der Waals surface area contributed by atoms with E-state index in [4.69, 9.17) is 4.74 Å². The van der Waals surface area contributed by atoms with E-state index in [1.165, 1.54) is 0 Å². The minimum atomic E-state index is -2.89. The number of methoxy groups -OCH3 is 1. The molecule has 0 saturated heterocycles. The molecule has 4 nitrogen and oxygen atoms in total. The summed E-state index contributed by atoms with van der Waals surface area (Å²) in [6.45, 7) is 5.91. The number of allylic oxidation sites excluding steroid dienone is 1. The van der Waals surface area contributed by atoms with Crippen LogP contribution in [0.2, 0.25) is 0 Å². The lowest BCUT2D eigenvalue weighted by Crippen LogP contribution is -2.19. The molecule has 0 aliphatic heterocycles. The molecule has 5 heteroatoms. The lowest BCUT2D eigenvalue weighted by atomic mass is 10.3. The molecule has 0 unspecified atom stereocenters. The van der Waals surface area contributed by atoms with Gasteiger partial charge in [0.1, 0.15) is 0 Å². The predicted molar refractivity (Wildman–Crippen MR) is 72.0 cm³/mol. The van der Waals surface area contributed by atoms with Crippen molar-refractivity contribution in [3.05, 3.63) is 12.2 Å². The van der Waals surface area contributed by atoms with Gasteiger partial charge in [0.2, 0.25) is 0 Å². The molecule has 0 heterocycles. The van der Waals surface area contributed by atoms with Gasteiger partial charge in [-0.3, -0.25) is 0 Å². The third-order valence-electron chi connectivity index (χ3n) is 2.42. The van der Waals surface area contributed by atoms with Gasteiger partial charge in [0, 0.05) is 13.7 Å². The van der Waals surface area contributed by atoms with E-state index in [1.54, 1.807) is 21.0 Å². The zero-order chi connectivity index (χ0) is 13.1. The fraction of sp³-hybridized carbons (Fsp3) is 0.833. The number of hydrogen-bond acceptors (Lipinski definition) is 4. The molecule has 0 aromatic heterocycles. The second-order valence-electron chi connectivity index (χ2n) is 4.21. The molecule has 0 fully saturated rings. The van der Waals surface area contributed by atoms with E-state index in [9.17, 15) is 8.42 Å². The molecule has 0 radical (unpaired) electrons. The lowest BCUT2D eigenvalue weighted by molar-refractivity contribution is 0.199. The molecule has 0 atom stereocenters. The van der Waals surface area contributed by atoms with E-state index >= 15 is 0 Å². The van der Waals surface area contributed by atoms with E-state index in [1.807, 2.05) is 12.2 Å². The molecule has 0 aliphatic carbocycles. The van der Waals surface area contributed by atoms with Gasteiger partial charge in [-0.2, -0.15) is 0 Å². The van der Waals surface area contributed by atoms with Crippen LogP contribution in [0.5, 0.6) is 0 Å². The highest BCUT2D eigenvalue weighted by molar-refractivity contribution is 7.91. The van der Waals surface area contributed by atoms with Crippen molar-refractivity contribution in [2.24, 2.45) is 0 Å². The van der Waals surface area contributed by atoms with Crippen molar-refractivity contribution in [2.45, 2.75) is 31.9 Å². The maximum absolute atomic E-state index is 11.5. The quantitative estimate of drug-likeness (QED) is 0.478. The number of ether oxygens (including phenoxy) is 1. The van der Waals surface area contributed by atoms with Crippen molar-refractivity contribution in [3.63, 3.8) is 0 Å². The van der Waals surface area contributed by atoms with Crippen molar-refractivity contribution in [3.8, 4) is 0 Å². The first kappa shape index (κ1) is 16.6. The Balaban J connectivity index is 3.50. The minimum absolute atomic E-state index is 0.248. The average Bonchev–Trinajstić information content (AvgIpc) is 2.26. The van der Waals surface area contributed by atoms with Gasteiger partial charge in [-0.05, 0) is 33.2 Å². The third kappa shape index (κ3) is 9.32. The van der Waals surface area contributed by atoms with Crippen LogP contribution in [0.1, 0.15) is 26.7 Å². The molecule has 0 aromatic rings. The maximum Gasteiger partial charge on any atom is 0.152 e. The molecule has 1 N–H and O–H groups in total. The van der Waals surface area contributed by atoms with Crippen LogP contribution >= 0.6 is 0 Å². The number of hydrogen-bond donors (Lipinski definition) is 1. The highest BCUT2D eigenvalue weighted by Crippen LogP contribution is 2.03. The standard InChI is InChI=1S/C12H25NO3S/c1-12(2)17(14,15)11-7-5-4-6-8-13-9-10-16-3/h4-5,12-13H,6-11H2,1-3H3/b5-4+. The van der Waals surface area contributed by atoms with Crippen molar-refractivity contribution in [1.82, 2.24) is 5.32 Å². The van der Waals surface area contributed by atoms with Crippen LogP contribution in [-0.4, -0.2) is 46.2 Å². The molecule has 102 valence electrons.